The van der Waals surface area contributed by atoms with Gasteiger partial charge in [-0.3, -0.25) is 9.89 Å². The summed E-state index contributed by atoms with van der Waals surface area (Å²) in [7, 11) is 0. The van der Waals surface area contributed by atoms with Crippen molar-refractivity contribution in [2.45, 2.75) is 64.1 Å². The molecule has 1 unspecified atom stereocenters. The summed E-state index contributed by atoms with van der Waals surface area (Å²) in [5, 5.41) is 3.66. The summed E-state index contributed by atoms with van der Waals surface area (Å²) in [6.45, 7) is 4.10. The molecule has 0 amide bonds. The van der Waals surface area contributed by atoms with Crippen molar-refractivity contribution in [1.82, 2.24) is 15.1 Å². The fourth-order valence-corrected chi connectivity index (χ4v) is 4.49. The van der Waals surface area contributed by atoms with Crippen LogP contribution in [0.3, 0.4) is 0 Å². The summed E-state index contributed by atoms with van der Waals surface area (Å²) < 4.78 is 43.8. The lowest BCUT2D eigenvalue weighted by atomic mass is 9.96. The Labute approximate surface area is 200 Å². The molecule has 31 heavy (non-hydrogen) atoms. The Hall–Kier alpha value is -0.970. The summed E-state index contributed by atoms with van der Waals surface area (Å²) in [5.74, 6) is 2.06. The number of nitrogens with zero attached hydrogens (tertiary/aromatic N) is 3. The van der Waals surface area contributed by atoms with E-state index in [4.69, 9.17) is 9.41 Å². The molecule has 1 aromatic heterocycles. The zero-order chi connectivity index (χ0) is 21.4. The molecule has 2 fully saturated rings. The van der Waals surface area contributed by atoms with Crippen molar-refractivity contribution in [3.8, 4) is 0 Å². The van der Waals surface area contributed by atoms with Crippen molar-refractivity contribution in [3.05, 3.63) is 24.2 Å². The van der Waals surface area contributed by atoms with Gasteiger partial charge in [-0.25, -0.2) is 0 Å². The van der Waals surface area contributed by atoms with Crippen LogP contribution in [0.1, 0.15) is 51.2 Å². The normalized spacial score (nSPS) is 20.9. The fourth-order valence-electron chi connectivity index (χ4n) is 4.49. The number of hydrogen-bond acceptors (Lipinski definition) is 3. The molecule has 1 aliphatic heterocycles. The number of likely N-dealkylation sites (tertiary alicyclic amines) is 1. The van der Waals surface area contributed by atoms with Crippen LogP contribution in [0.5, 0.6) is 0 Å². The highest BCUT2D eigenvalue weighted by molar-refractivity contribution is 14.0. The van der Waals surface area contributed by atoms with Gasteiger partial charge in [0, 0.05) is 38.6 Å². The van der Waals surface area contributed by atoms with Crippen molar-refractivity contribution < 1.29 is 17.6 Å². The van der Waals surface area contributed by atoms with E-state index in [1.165, 1.54) is 24.2 Å². The van der Waals surface area contributed by atoms with E-state index in [2.05, 4.69) is 10.2 Å². The lowest BCUT2D eigenvalue weighted by Crippen LogP contribution is -2.46. The van der Waals surface area contributed by atoms with Crippen LogP contribution in [0.4, 0.5) is 13.2 Å². The van der Waals surface area contributed by atoms with E-state index in [0.717, 1.165) is 50.5 Å². The second-order valence-corrected chi connectivity index (χ2v) is 8.56. The first-order valence-electron chi connectivity index (χ1n) is 11.3. The van der Waals surface area contributed by atoms with Crippen LogP contribution in [0.15, 0.2) is 27.8 Å². The molecule has 1 N–H and O–H groups in total. The number of furan rings is 1. The fraction of sp³-hybridized carbons (Fsp3) is 0.773. The third-order valence-electron chi connectivity index (χ3n) is 6.09. The maximum absolute atomic E-state index is 12.8. The van der Waals surface area contributed by atoms with E-state index in [0.29, 0.717) is 25.7 Å². The minimum atomic E-state index is -4.14. The first-order valence-corrected chi connectivity index (χ1v) is 11.3. The Bertz CT molecular complexity index is 648. The topological polar surface area (TPSA) is 44.0 Å². The smallest absolute Gasteiger partial charge is 0.401 e. The van der Waals surface area contributed by atoms with Crippen molar-refractivity contribution in [2.24, 2.45) is 10.9 Å². The molecule has 1 saturated carbocycles. The van der Waals surface area contributed by atoms with Gasteiger partial charge < -0.3 is 14.6 Å². The Morgan fingerprint density at radius 1 is 1.26 bits per heavy atom. The van der Waals surface area contributed by atoms with E-state index in [1.54, 1.807) is 13.2 Å². The molecule has 1 atom stereocenters. The molecule has 1 aliphatic carbocycles. The molecule has 0 spiro atoms. The van der Waals surface area contributed by atoms with Gasteiger partial charge in [0.25, 0.3) is 0 Å². The van der Waals surface area contributed by atoms with Gasteiger partial charge in [-0.15, -0.1) is 24.0 Å². The van der Waals surface area contributed by atoms with E-state index in [-0.39, 0.29) is 29.9 Å². The summed E-state index contributed by atoms with van der Waals surface area (Å²) >= 11 is 0. The van der Waals surface area contributed by atoms with Crippen LogP contribution in [0.25, 0.3) is 0 Å². The summed E-state index contributed by atoms with van der Waals surface area (Å²) in [5.41, 5.74) is 0. The molecular formula is C22H36F3IN4O. The molecule has 2 heterocycles. The van der Waals surface area contributed by atoms with Crippen LogP contribution >= 0.6 is 24.0 Å². The van der Waals surface area contributed by atoms with Gasteiger partial charge in [-0.2, -0.15) is 13.2 Å². The average Bonchev–Trinajstić information content (AvgIpc) is 3.38. The monoisotopic (exact) mass is 556 g/mol. The quantitative estimate of drug-likeness (QED) is 0.281. The molecule has 1 saturated heterocycles. The Morgan fingerprint density at radius 2 is 2.03 bits per heavy atom. The predicted octanol–water partition coefficient (Wildman–Crippen LogP) is 4.92. The van der Waals surface area contributed by atoms with Crippen LogP contribution in [0.2, 0.25) is 0 Å². The standard InChI is InChI=1S/C22H35F3N4O.HI/c1-2-28(17-22(23,24)25)15-18-11-13-29(16-18)21(27-19-7-4-3-5-8-19)26-12-10-20-9-6-14-30-20;/h6,9,14,18-19H,2-5,7-8,10-13,15-17H2,1H3,(H,26,27);1H. The molecule has 2 aliphatic rings. The van der Waals surface area contributed by atoms with Gasteiger partial charge in [-0.1, -0.05) is 26.2 Å². The highest BCUT2D eigenvalue weighted by Crippen LogP contribution is 2.23. The molecule has 0 aromatic carbocycles. The highest BCUT2D eigenvalue weighted by atomic mass is 127. The second kappa shape index (κ2) is 12.9. The average molecular weight is 556 g/mol. The highest BCUT2D eigenvalue weighted by Gasteiger charge is 2.33. The first kappa shape index (κ1) is 26.3. The third kappa shape index (κ3) is 9.19. The van der Waals surface area contributed by atoms with E-state index < -0.39 is 12.7 Å². The molecule has 3 rings (SSSR count). The zero-order valence-corrected chi connectivity index (χ0v) is 20.7. The lowest BCUT2D eigenvalue weighted by Gasteiger charge is -2.30. The number of rotatable bonds is 8. The molecule has 0 radical (unpaired) electrons. The summed E-state index contributed by atoms with van der Waals surface area (Å²) in [6.07, 6.45) is 5.26. The van der Waals surface area contributed by atoms with Crippen LogP contribution in [-0.4, -0.2) is 67.2 Å². The Kier molecular flexibility index (Phi) is 10.9. The largest absolute Gasteiger partial charge is 0.469 e. The second-order valence-electron chi connectivity index (χ2n) is 8.56. The zero-order valence-electron chi connectivity index (χ0n) is 18.4. The van der Waals surface area contributed by atoms with Gasteiger partial charge in [0.2, 0.25) is 0 Å². The van der Waals surface area contributed by atoms with Crippen LogP contribution in [-0.2, 0) is 6.42 Å². The maximum atomic E-state index is 12.8. The number of alkyl halides is 3. The SMILES string of the molecule is CCN(CC1CCN(C(=NCCc2ccco2)NC2CCCCC2)C1)CC(F)(F)F.I. The van der Waals surface area contributed by atoms with Crippen LogP contribution in [0, 0.1) is 5.92 Å². The number of aliphatic imine (C=N–C) groups is 1. The first-order chi connectivity index (χ1) is 14.4. The van der Waals surface area contributed by atoms with Gasteiger partial charge >= 0.3 is 6.18 Å². The van der Waals surface area contributed by atoms with Gasteiger partial charge in [-0.05, 0) is 43.9 Å². The minimum Gasteiger partial charge on any atom is -0.469 e. The van der Waals surface area contributed by atoms with E-state index >= 15 is 0 Å². The molecule has 178 valence electrons. The lowest BCUT2D eigenvalue weighted by molar-refractivity contribution is -0.146. The number of nitrogens with one attached hydrogen (secondary N) is 1. The minimum absolute atomic E-state index is 0. The predicted molar refractivity (Wildman–Crippen MR) is 128 cm³/mol. The van der Waals surface area contributed by atoms with Crippen LogP contribution < -0.4 is 5.32 Å². The maximum Gasteiger partial charge on any atom is 0.401 e. The van der Waals surface area contributed by atoms with Gasteiger partial charge in [0.05, 0.1) is 12.8 Å². The molecule has 1 aromatic rings. The molecular weight excluding hydrogens is 520 g/mol. The molecule has 5 nitrogen and oxygen atoms in total. The molecule has 9 heteroatoms. The summed E-state index contributed by atoms with van der Waals surface area (Å²) in [6, 6.07) is 4.28. The molecule has 0 bridgehead atoms. The third-order valence-corrected chi connectivity index (χ3v) is 6.09. The number of halogens is 4. The number of guanidine groups is 1. The van der Waals surface area contributed by atoms with Crippen molar-refractivity contribution in [3.63, 3.8) is 0 Å². The van der Waals surface area contributed by atoms with Gasteiger partial charge in [0.1, 0.15) is 5.76 Å². The van der Waals surface area contributed by atoms with Crippen molar-refractivity contribution in [2.75, 3.05) is 39.3 Å². The van der Waals surface area contributed by atoms with Crippen molar-refractivity contribution in [1.29, 1.82) is 0 Å². The summed E-state index contributed by atoms with van der Waals surface area (Å²) in [4.78, 5) is 8.60. The number of hydrogen-bond donors (Lipinski definition) is 1. The van der Waals surface area contributed by atoms with Crippen molar-refractivity contribution >= 4 is 29.9 Å². The van der Waals surface area contributed by atoms with Gasteiger partial charge in [0.15, 0.2) is 5.96 Å². The Balaban J connectivity index is 0.00000341. The van der Waals surface area contributed by atoms with E-state index in [1.807, 2.05) is 12.1 Å². The van der Waals surface area contributed by atoms with E-state index in [9.17, 15) is 13.2 Å². The Morgan fingerprint density at radius 3 is 2.68 bits per heavy atom.